The van der Waals surface area contributed by atoms with Crippen LogP contribution in [0.2, 0.25) is 0 Å². The first-order chi connectivity index (χ1) is 16.1. The van der Waals surface area contributed by atoms with Crippen molar-refractivity contribution >= 4 is 37.6 Å². The number of fused-ring (bicyclic) bond motifs is 1. The minimum atomic E-state index is -3.30. The molecule has 0 radical (unpaired) electrons. The molecule has 182 valence electrons. The number of benzene rings is 1. The summed E-state index contributed by atoms with van der Waals surface area (Å²) in [5.74, 6) is 1.88. The monoisotopic (exact) mass is 491 g/mol. The molecular formula is C24H37N5O2S2. The highest BCUT2D eigenvalue weighted by molar-refractivity contribution is 7.87. The van der Waals surface area contributed by atoms with E-state index in [0.29, 0.717) is 13.1 Å². The van der Waals surface area contributed by atoms with E-state index in [4.69, 9.17) is 4.37 Å². The van der Waals surface area contributed by atoms with Gasteiger partial charge in [-0.15, -0.1) is 0 Å². The van der Waals surface area contributed by atoms with E-state index in [2.05, 4.69) is 38.8 Å². The third-order valence-corrected chi connectivity index (χ3v) is 10.2. The maximum atomic E-state index is 12.7. The molecule has 5 rings (SSSR count). The first-order valence-corrected chi connectivity index (χ1v) is 14.9. The molecule has 33 heavy (non-hydrogen) atoms. The quantitative estimate of drug-likeness (QED) is 0.640. The molecule has 1 saturated carbocycles. The molecule has 0 unspecified atom stereocenters. The fourth-order valence-corrected chi connectivity index (χ4v) is 7.95. The van der Waals surface area contributed by atoms with Crippen LogP contribution in [0.25, 0.3) is 10.1 Å². The average Bonchev–Trinajstić information content (AvgIpc) is 3.29. The lowest BCUT2D eigenvalue weighted by molar-refractivity contribution is 0.213. The van der Waals surface area contributed by atoms with E-state index in [-0.39, 0.29) is 6.04 Å². The normalized spacial score (nSPS) is 26.1. The van der Waals surface area contributed by atoms with Gasteiger partial charge >= 0.3 is 0 Å². The van der Waals surface area contributed by atoms with Crippen molar-refractivity contribution in [2.75, 3.05) is 50.7 Å². The van der Waals surface area contributed by atoms with Crippen LogP contribution in [-0.2, 0) is 10.2 Å². The molecule has 0 bridgehead atoms. The van der Waals surface area contributed by atoms with Gasteiger partial charge in [-0.2, -0.15) is 21.8 Å². The Morgan fingerprint density at radius 1 is 0.939 bits per heavy atom. The van der Waals surface area contributed by atoms with Crippen molar-refractivity contribution in [1.82, 2.24) is 18.3 Å². The Labute approximate surface area is 202 Å². The molecular weight excluding hydrogens is 454 g/mol. The Balaban J connectivity index is 1.02. The van der Waals surface area contributed by atoms with Crippen molar-refractivity contribution in [2.45, 2.75) is 57.4 Å². The maximum absolute atomic E-state index is 12.7. The number of piperidine rings is 1. The smallest absolute Gasteiger partial charge is 0.279 e. The van der Waals surface area contributed by atoms with Crippen LogP contribution in [0.1, 0.15) is 51.4 Å². The third-order valence-electron chi connectivity index (χ3n) is 7.70. The summed E-state index contributed by atoms with van der Waals surface area (Å²) in [7, 11) is -3.30. The van der Waals surface area contributed by atoms with E-state index in [1.807, 2.05) is 0 Å². The maximum Gasteiger partial charge on any atom is 0.279 e. The van der Waals surface area contributed by atoms with E-state index >= 15 is 0 Å². The molecule has 1 aromatic carbocycles. The fourth-order valence-electron chi connectivity index (χ4n) is 5.61. The van der Waals surface area contributed by atoms with Crippen LogP contribution in [-0.4, -0.2) is 73.9 Å². The Kier molecular flexibility index (Phi) is 7.51. The zero-order valence-corrected chi connectivity index (χ0v) is 21.1. The molecule has 0 amide bonds. The topological polar surface area (TPSA) is 68.8 Å². The zero-order valence-electron chi connectivity index (χ0n) is 19.5. The number of nitrogens with zero attached hydrogens (tertiary/aromatic N) is 4. The van der Waals surface area contributed by atoms with Crippen molar-refractivity contribution < 1.29 is 8.42 Å². The number of hydrogen-bond donors (Lipinski definition) is 1. The van der Waals surface area contributed by atoms with Crippen LogP contribution in [0.5, 0.6) is 0 Å². The number of anilines is 1. The van der Waals surface area contributed by atoms with Crippen LogP contribution in [0.4, 0.5) is 5.82 Å². The number of nitrogens with one attached hydrogen (secondary N) is 1. The lowest BCUT2D eigenvalue weighted by atomic mass is 9.84. The van der Waals surface area contributed by atoms with Crippen LogP contribution >= 0.6 is 11.5 Å². The predicted molar refractivity (Wildman–Crippen MR) is 136 cm³/mol. The highest BCUT2D eigenvalue weighted by Gasteiger charge is 2.30. The lowest BCUT2D eigenvalue weighted by Gasteiger charge is -2.36. The van der Waals surface area contributed by atoms with Crippen molar-refractivity contribution in [3.05, 3.63) is 24.3 Å². The van der Waals surface area contributed by atoms with Gasteiger partial charge in [-0.25, -0.2) is 0 Å². The van der Waals surface area contributed by atoms with E-state index in [1.165, 1.54) is 16.5 Å². The van der Waals surface area contributed by atoms with Crippen molar-refractivity contribution in [3.63, 3.8) is 0 Å². The minimum absolute atomic E-state index is 0.115. The minimum Gasteiger partial charge on any atom is -0.353 e. The largest absolute Gasteiger partial charge is 0.353 e. The SMILES string of the molecule is O=S(=O)(NC1CCC(CCN2CCN(c3nsc4ccccc34)CC2)CC1)N1CCCCC1. The third kappa shape index (κ3) is 5.70. The van der Waals surface area contributed by atoms with Gasteiger partial charge in [0.05, 0.1) is 4.70 Å². The molecule has 1 aromatic heterocycles. The summed E-state index contributed by atoms with van der Waals surface area (Å²) in [5.41, 5.74) is 0. The van der Waals surface area contributed by atoms with Crippen LogP contribution in [0.3, 0.4) is 0 Å². The Morgan fingerprint density at radius 2 is 1.67 bits per heavy atom. The molecule has 3 aliphatic rings. The molecule has 2 aliphatic heterocycles. The number of hydrogen-bond acceptors (Lipinski definition) is 6. The molecule has 0 spiro atoms. The van der Waals surface area contributed by atoms with Gasteiger partial charge in [0, 0.05) is 50.7 Å². The Bertz CT molecular complexity index is 1000. The van der Waals surface area contributed by atoms with E-state index in [0.717, 1.165) is 89.4 Å². The summed E-state index contributed by atoms with van der Waals surface area (Å²) in [5, 5.41) is 1.28. The predicted octanol–water partition coefficient (Wildman–Crippen LogP) is 3.69. The highest BCUT2D eigenvalue weighted by atomic mass is 32.2. The summed E-state index contributed by atoms with van der Waals surface area (Å²) < 4.78 is 35.9. The number of rotatable bonds is 7. The second-order valence-electron chi connectivity index (χ2n) is 9.92. The van der Waals surface area contributed by atoms with Gasteiger partial charge in [-0.3, -0.25) is 4.90 Å². The van der Waals surface area contributed by atoms with Gasteiger partial charge in [0.25, 0.3) is 10.2 Å². The molecule has 7 nitrogen and oxygen atoms in total. The second kappa shape index (κ2) is 10.6. The first kappa shape index (κ1) is 23.5. The number of aromatic nitrogens is 1. The summed E-state index contributed by atoms with van der Waals surface area (Å²) in [6.45, 7) is 6.78. The fraction of sp³-hybridized carbons (Fsp3) is 0.708. The van der Waals surface area contributed by atoms with E-state index in [9.17, 15) is 8.42 Å². The van der Waals surface area contributed by atoms with Crippen LogP contribution < -0.4 is 9.62 Å². The lowest BCUT2D eigenvalue weighted by Crippen LogP contribution is -2.48. The highest BCUT2D eigenvalue weighted by Crippen LogP contribution is 2.31. The molecule has 3 heterocycles. The molecule has 2 aromatic rings. The van der Waals surface area contributed by atoms with Crippen molar-refractivity contribution in [3.8, 4) is 0 Å². The summed E-state index contributed by atoms with van der Waals surface area (Å²) in [6, 6.07) is 8.64. The van der Waals surface area contributed by atoms with Gasteiger partial charge in [0.1, 0.15) is 5.82 Å². The molecule has 0 atom stereocenters. The second-order valence-corrected chi connectivity index (χ2v) is 12.4. The number of piperazine rings is 1. The summed E-state index contributed by atoms with van der Waals surface area (Å²) in [6.07, 6.45) is 8.57. The van der Waals surface area contributed by atoms with Crippen molar-refractivity contribution in [1.29, 1.82) is 0 Å². The van der Waals surface area contributed by atoms with Gasteiger partial charge in [0.15, 0.2) is 0 Å². The summed E-state index contributed by atoms with van der Waals surface area (Å²) in [4.78, 5) is 5.03. The van der Waals surface area contributed by atoms with Gasteiger partial charge in [-0.1, -0.05) is 18.6 Å². The molecule has 9 heteroatoms. The Morgan fingerprint density at radius 3 is 2.42 bits per heavy atom. The first-order valence-electron chi connectivity index (χ1n) is 12.7. The van der Waals surface area contributed by atoms with Gasteiger partial charge in [0.2, 0.25) is 0 Å². The average molecular weight is 492 g/mol. The molecule has 1 N–H and O–H groups in total. The van der Waals surface area contributed by atoms with Crippen molar-refractivity contribution in [2.24, 2.45) is 5.92 Å². The molecule has 3 fully saturated rings. The van der Waals surface area contributed by atoms with Gasteiger partial charge in [-0.05, 0) is 81.1 Å². The van der Waals surface area contributed by atoms with Crippen LogP contribution in [0.15, 0.2) is 24.3 Å². The van der Waals surface area contributed by atoms with E-state index in [1.54, 1.807) is 15.8 Å². The molecule has 2 saturated heterocycles. The van der Waals surface area contributed by atoms with Gasteiger partial charge < -0.3 is 4.90 Å². The van der Waals surface area contributed by atoms with Crippen LogP contribution in [0, 0.1) is 5.92 Å². The molecule has 1 aliphatic carbocycles. The standard InChI is InChI=1S/C24H37N5O2S2/c30-33(31,29-13-4-1-5-14-29)26-21-10-8-20(9-11-21)12-15-27-16-18-28(19-17-27)24-22-6-2-3-7-23(22)32-25-24/h2-3,6-7,20-21,26H,1,4-5,8-19H2. The zero-order chi connectivity index (χ0) is 22.7. The summed E-state index contributed by atoms with van der Waals surface area (Å²) >= 11 is 1.60. The Hall–Kier alpha value is -1.26. The van der Waals surface area contributed by atoms with E-state index < -0.39 is 10.2 Å².